The molecule has 0 aliphatic carbocycles. The molecule has 0 spiro atoms. The van der Waals surface area contributed by atoms with Crippen molar-refractivity contribution in [1.82, 2.24) is 97.6 Å². The largest absolute Gasteiger partial charge is 0.490 e. The van der Waals surface area contributed by atoms with E-state index in [0.717, 1.165) is 162 Å². The molecule has 0 unspecified atom stereocenters. The number of ether oxygens (including phenoxy) is 5. The van der Waals surface area contributed by atoms with Crippen molar-refractivity contribution >= 4 is 90.9 Å². The van der Waals surface area contributed by atoms with Crippen molar-refractivity contribution in [1.29, 1.82) is 0 Å². The number of nitrogens with two attached hydrogens (primary N) is 5. The van der Waals surface area contributed by atoms with E-state index in [1.807, 2.05) is 79.1 Å². The molecule has 654 valence electrons. The van der Waals surface area contributed by atoms with Gasteiger partial charge in [0.2, 0.25) is 5.95 Å². The molecule has 34 heteroatoms. The van der Waals surface area contributed by atoms with E-state index in [1.165, 1.54) is 33.4 Å². The molecular weight excluding hydrogens is 1610 g/mol. The quantitative estimate of drug-likeness (QED) is 0.0637. The second-order valence-electron chi connectivity index (χ2n) is 31.6. The van der Waals surface area contributed by atoms with E-state index >= 15 is 0 Å². The Balaban J connectivity index is 0.000000117. The molecule has 20 bridgehead atoms. The highest BCUT2D eigenvalue weighted by Crippen LogP contribution is 2.29. The minimum Gasteiger partial charge on any atom is -0.490 e. The predicted octanol–water partition coefficient (Wildman–Crippen LogP) is 12.4. The van der Waals surface area contributed by atoms with Crippen molar-refractivity contribution in [3.05, 3.63) is 263 Å². The van der Waals surface area contributed by atoms with Crippen LogP contribution in [0.2, 0.25) is 0 Å². The first kappa shape index (κ1) is 85.6. The maximum atomic E-state index is 12.4. The van der Waals surface area contributed by atoms with Gasteiger partial charge in [0.15, 0.2) is 68.4 Å². The summed E-state index contributed by atoms with van der Waals surface area (Å²) >= 11 is 0. The summed E-state index contributed by atoms with van der Waals surface area (Å²) in [5.41, 5.74) is 45.5. The first-order valence-corrected chi connectivity index (χ1v) is 43.2. The summed E-state index contributed by atoms with van der Waals surface area (Å²) in [6.45, 7) is 9.86. The minimum absolute atomic E-state index is 0.206. The van der Waals surface area contributed by atoms with Crippen molar-refractivity contribution in [3.63, 3.8) is 0 Å². The third-order valence-corrected chi connectivity index (χ3v) is 22.2. The van der Waals surface area contributed by atoms with Gasteiger partial charge >= 0.3 is 41.1 Å². The lowest BCUT2D eigenvalue weighted by atomic mass is 10.0. The van der Waals surface area contributed by atoms with Gasteiger partial charge in [-0.1, -0.05) is 152 Å². The Morgan fingerprint density at radius 3 is 1.28 bits per heavy atom. The van der Waals surface area contributed by atoms with E-state index in [9.17, 15) is 14.4 Å². The summed E-state index contributed by atoms with van der Waals surface area (Å²) in [5.74, 6) is 4.47. The van der Waals surface area contributed by atoms with Crippen molar-refractivity contribution in [3.8, 4) is 29.8 Å². The lowest BCUT2D eigenvalue weighted by Crippen LogP contribution is -2.18. The van der Waals surface area contributed by atoms with Crippen LogP contribution >= 0.6 is 0 Å². The first-order chi connectivity index (χ1) is 62.0. The number of nitrogen functional groups attached to an aromatic ring is 5. The number of rotatable bonds is 0. The second kappa shape index (κ2) is 40.6. The van der Waals surface area contributed by atoms with Crippen molar-refractivity contribution in [2.24, 2.45) is 0 Å². The Morgan fingerprint density at radius 1 is 0.323 bits per heavy atom. The fourth-order valence-corrected chi connectivity index (χ4v) is 15.5. The average Bonchev–Trinajstić information content (AvgIpc) is 1.65. The number of aromatic amines is 3. The second-order valence-corrected chi connectivity index (χ2v) is 31.6. The van der Waals surface area contributed by atoms with E-state index in [1.54, 1.807) is 13.7 Å². The molecule has 0 amide bonds. The Bertz CT molecular complexity index is 6710. The number of hydrogen-bond donors (Lipinski definition) is 9. The molecule has 17 heterocycles. The zero-order valence-electron chi connectivity index (χ0n) is 71.2. The molecule has 7 aliphatic heterocycles. The molecule has 34 nitrogen and oxygen atoms in total. The molecule has 15 aromatic rings. The topological polar surface area (TPSA) is 466 Å². The van der Waals surface area contributed by atoms with Crippen molar-refractivity contribution < 1.29 is 23.7 Å². The van der Waals surface area contributed by atoms with Crippen molar-refractivity contribution in [2.75, 3.05) is 73.6 Å². The number of imidazole rings is 5. The number of nitrogens with one attached hydrogen (secondary N) is 4. The summed E-state index contributed by atoms with van der Waals surface area (Å²) in [6, 6.07) is 42.7. The van der Waals surface area contributed by atoms with Crippen LogP contribution < -0.4 is 74.7 Å². The maximum Gasteiger partial charge on any atom is 0.328 e. The molecule has 22 rings (SSSR count). The van der Waals surface area contributed by atoms with Crippen molar-refractivity contribution in [2.45, 2.75) is 156 Å². The third kappa shape index (κ3) is 21.6. The number of anilines is 6. The highest BCUT2D eigenvalue weighted by atomic mass is 16.5. The molecule has 0 radical (unpaired) electrons. The van der Waals surface area contributed by atoms with Crippen LogP contribution in [0.25, 0.3) is 55.8 Å². The molecule has 0 saturated heterocycles. The van der Waals surface area contributed by atoms with Crippen LogP contribution in [-0.2, 0) is 64.8 Å². The lowest BCUT2D eigenvalue weighted by Gasteiger charge is -2.10. The summed E-state index contributed by atoms with van der Waals surface area (Å²) in [6.07, 6.45) is 34.0. The van der Waals surface area contributed by atoms with Crippen LogP contribution in [0, 0.1) is 13.8 Å². The number of aromatic nitrogens is 20. The first-order valence-electron chi connectivity index (χ1n) is 43.2. The molecule has 127 heavy (non-hydrogen) atoms. The average molecular weight is 1710 g/mol. The van der Waals surface area contributed by atoms with Gasteiger partial charge in [-0.15, -0.1) is 0 Å². The summed E-state index contributed by atoms with van der Waals surface area (Å²) in [5, 5.41) is 3.21. The SMILES string of the molecule is Cc1nc2c(N)nc3nc2n1CCc1cccc(c1)OC/C=C/CO3.Cc1nc2c(N)nc3nc2n1Cc1ccc(cc1)C/C=C\CCCCO3.Nc1nc2nc3c1[nH]c(=O)n3Cc1ccc(cc1)C/C=C/CCCCO2.Nc1nc2nc3c1[nH]c(=O)n3Cc1cccc(c1)C/C=C/CCCCO2.Nc1nc2nc3c1[nH]c(=O)n3Cc1cccc(c1)CCCCCN2. The Kier molecular flexibility index (Phi) is 27.3. The number of benzene rings is 5. The van der Waals surface area contributed by atoms with Gasteiger partial charge in [-0.2, -0.15) is 49.8 Å². The van der Waals surface area contributed by atoms with Crippen LogP contribution in [0.1, 0.15) is 139 Å². The summed E-state index contributed by atoms with van der Waals surface area (Å²) in [7, 11) is 0. The van der Waals surface area contributed by atoms with E-state index in [0.29, 0.717) is 139 Å². The van der Waals surface area contributed by atoms with Gasteiger partial charge in [-0.25, -0.2) is 24.4 Å². The van der Waals surface area contributed by atoms with Crippen LogP contribution in [0.15, 0.2) is 184 Å². The predicted molar refractivity (Wildman–Crippen MR) is 492 cm³/mol. The lowest BCUT2D eigenvalue weighted by molar-refractivity contribution is 0.284. The normalized spacial score (nSPS) is 16.1. The Labute approximate surface area is 730 Å². The van der Waals surface area contributed by atoms with Gasteiger partial charge in [-0.05, 0) is 191 Å². The molecule has 0 atom stereocenters. The van der Waals surface area contributed by atoms with E-state index < -0.39 is 0 Å². The standard InChI is InChI=1S/C20H23N5O.2C19H21N5O2.C18H19N5O2.C17H20N6O/c1-14-22-17-18(21)23-20-24-19(17)25(14)13-16-10-8-15(9-11-16)7-5-3-2-4-6-12-26-20;20-16-15-17-23-18(22-16)26-10-5-3-1-2-4-7-13-8-6-9-14(11-13)12-24(17)19(25)21-15;20-16-15-17-23-18(22-16)26-11-5-3-1-2-4-6-13-7-9-14(10-8-13)12-24(17)19(25)21-15;1-12-20-15-16(19)21-18-22-17(15)23(12)8-7-13-5-4-6-14(11-13)24-9-2-3-10-25-18;18-14-13-15-22-16(21-14)19-8-3-1-2-5-11-6-4-7-12(9-11)10-23(15)17(24)20-13/h3,5,8-11H,2,4,6-7,12-13H2,1H3,(H2,21,23,24);2,4,6,8-9,11H,1,3,5,7,10,12H2,(H,21,25)(H2,20,22,23);2,4,7-10H,1,3,5-6,11-12H2,(H,21,25)(H2,20,22,23);2-6,11H,7-10H2,1H3,(H2,19,21,22);4,6-7,9H,1-3,5,8,10H2,(H,20,24)(H3,18,19,21,22)/b5-3-;2*4-2+;3-2+;. The van der Waals surface area contributed by atoms with Crippen LogP contribution in [0.5, 0.6) is 29.8 Å². The number of fused-ring (bicyclic) bond motifs is 25. The fourth-order valence-electron chi connectivity index (χ4n) is 15.5. The van der Waals surface area contributed by atoms with Crippen LogP contribution in [0.4, 0.5) is 35.0 Å². The third-order valence-electron chi connectivity index (χ3n) is 22.2. The number of nitrogens with zero attached hydrogens (tertiary/aromatic N) is 17. The Hall–Kier alpha value is -15.0. The Morgan fingerprint density at radius 2 is 0.732 bits per heavy atom. The molecule has 0 fully saturated rings. The zero-order chi connectivity index (χ0) is 87.5. The zero-order valence-corrected chi connectivity index (χ0v) is 71.2. The van der Waals surface area contributed by atoms with Gasteiger partial charge in [0, 0.05) is 13.1 Å². The van der Waals surface area contributed by atoms with Crippen LogP contribution in [-0.4, -0.2) is 137 Å². The van der Waals surface area contributed by atoms with Gasteiger partial charge in [0.25, 0.3) is 0 Å². The van der Waals surface area contributed by atoms with Gasteiger partial charge < -0.3 is 81.8 Å². The smallest absolute Gasteiger partial charge is 0.328 e. The number of H-pyrrole nitrogens is 3. The summed E-state index contributed by atoms with van der Waals surface area (Å²) in [4.78, 5) is 97.9. The minimum atomic E-state index is -0.261. The van der Waals surface area contributed by atoms with Gasteiger partial charge in [0.1, 0.15) is 47.2 Å². The molecule has 7 aliphatic rings. The number of hydrogen-bond acceptors (Lipinski definition) is 26. The monoisotopic (exact) mass is 1710 g/mol. The van der Waals surface area contributed by atoms with Gasteiger partial charge in [-0.3, -0.25) is 13.7 Å². The van der Waals surface area contributed by atoms with Crippen LogP contribution in [0.3, 0.4) is 0 Å². The molecule has 5 aromatic carbocycles. The number of allylic oxidation sites excluding steroid dienone is 6. The molecule has 10 aromatic heterocycles. The van der Waals surface area contributed by atoms with Gasteiger partial charge in [0.05, 0.1) is 46.0 Å². The molecule has 0 saturated carbocycles. The highest BCUT2D eigenvalue weighted by molar-refractivity contribution is 5.86. The maximum absolute atomic E-state index is 12.4. The van der Waals surface area contributed by atoms with E-state index in [4.69, 9.17) is 52.4 Å². The molecular formula is C93H104N26O8. The van der Waals surface area contributed by atoms with E-state index in [-0.39, 0.29) is 46.7 Å². The summed E-state index contributed by atoms with van der Waals surface area (Å²) < 4.78 is 37.2. The highest BCUT2D eigenvalue weighted by Gasteiger charge is 2.23. The van der Waals surface area contributed by atoms with E-state index in [2.05, 4.69) is 194 Å². The fraction of sp³-hybridized carbons (Fsp3) is 0.323. The number of aryl methyl sites for hydroxylation is 5. The molecule has 14 N–H and O–H groups in total.